The smallest absolute Gasteiger partial charge is 0.242 e. The lowest BCUT2D eigenvalue weighted by atomic mass is 9.95. The van der Waals surface area contributed by atoms with E-state index in [1.54, 1.807) is 52.3 Å². The predicted molar refractivity (Wildman–Crippen MR) is 163 cm³/mol. The van der Waals surface area contributed by atoms with Crippen molar-refractivity contribution in [3.8, 4) is 28.4 Å². The number of amides is 2. The summed E-state index contributed by atoms with van der Waals surface area (Å²) in [5, 5.41) is 9.14. The van der Waals surface area contributed by atoms with E-state index >= 15 is 0 Å². The standard InChI is InChI=1S/C30H41N3O7S/c1-18(34)32-22-10-8-19-16-26(38-3)28(39-4)29(40-5)27(19)20-9-11-23(25(35)17-21(20)22)33-24(12-15-41-6)30(36)31-13-7-14-37-2/h9,11,16-17,22,24H,7-8,10,12-15H2,1-6H3,(H,31,36)(H,32,34)(H,33,35)/t22-,24-/m0/s1. The van der Waals surface area contributed by atoms with Crippen LogP contribution in [0.5, 0.6) is 17.2 Å². The largest absolute Gasteiger partial charge is 0.493 e. The molecule has 224 valence electrons. The number of hydrogen-bond donors (Lipinski definition) is 3. The summed E-state index contributed by atoms with van der Waals surface area (Å²) in [5.41, 5.74) is 3.10. The topological polar surface area (TPSA) is 124 Å². The van der Waals surface area contributed by atoms with Crippen molar-refractivity contribution in [2.45, 2.75) is 44.7 Å². The molecule has 0 spiro atoms. The third kappa shape index (κ3) is 7.85. The number of anilines is 1. The second-order valence-electron chi connectivity index (χ2n) is 9.71. The maximum Gasteiger partial charge on any atom is 0.242 e. The van der Waals surface area contributed by atoms with Crippen LogP contribution >= 0.6 is 11.8 Å². The van der Waals surface area contributed by atoms with Gasteiger partial charge in [-0.15, -0.1) is 0 Å². The van der Waals surface area contributed by atoms with E-state index in [1.165, 1.54) is 6.92 Å². The van der Waals surface area contributed by atoms with Crippen LogP contribution in [0.3, 0.4) is 0 Å². The van der Waals surface area contributed by atoms with Gasteiger partial charge in [0.15, 0.2) is 11.5 Å². The van der Waals surface area contributed by atoms with Crippen LogP contribution in [0.2, 0.25) is 0 Å². The summed E-state index contributed by atoms with van der Waals surface area (Å²) >= 11 is 1.63. The number of fused-ring (bicyclic) bond motifs is 3. The van der Waals surface area contributed by atoms with Crippen molar-refractivity contribution < 1.29 is 28.5 Å². The van der Waals surface area contributed by atoms with E-state index in [1.807, 2.05) is 18.4 Å². The zero-order valence-corrected chi connectivity index (χ0v) is 25.5. The van der Waals surface area contributed by atoms with Gasteiger partial charge < -0.3 is 34.9 Å². The minimum absolute atomic E-state index is 0.178. The molecule has 11 heteroatoms. The van der Waals surface area contributed by atoms with Crippen molar-refractivity contribution in [1.29, 1.82) is 0 Å². The van der Waals surface area contributed by atoms with Gasteiger partial charge in [-0.2, -0.15) is 11.8 Å². The Balaban J connectivity index is 2.15. The molecule has 2 amide bonds. The van der Waals surface area contributed by atoms with E-state index in [0.29, 0.717) is 67.3 Å². The number of benzene rings is 1. The second kappa shape index (κ2) is 15.5. The summed E-state index contributed by atoms with van der Waals surface area (Å²) < 4.78 is 22.1. The monoisotopic (exact) mass is 587 g/mol. The highest BCUT2D eigenvalue weighted by Gasteiger charge is 2.29. The molecule has 0 aliphatic heterocycles. The Morgan fingerprint density at radius 1 is 1.07 bits per heavy atom. The van der Waals surface area contributed by atoms with Gasteiger partial charge in [0.05, 0.1) is 33.1 Å². The molecule has 41 heavy (non-hydrogen) atoms. The Labute approximate surface area is 245 Å². The van der Waals surface area contributed by atoms with E-state index < -0.39 is 12.1 Å². The highest BCUT2D eigenvalue weighted by Crippen LogP contribution is 2.50. The number of nitrogens with one attached hydrogen (secondary N) is 3. The minimum Gasteiger partial charge on any atom is -0.493 e. The fourth-order valence-electron chi connectivity index (χ4n) is 5.07. The van der Waals surface area contributed by atoms with Gasteiger partial charge in [-0.3, -0.25) is 14.4 Å². The number of carbonyl (C=O) groups is 2. The predicted octanol–water partition coefficient (Wildman–Crippen LogP) is 3.55. The maximum atomic E-state index is 13.7. The maximum absolute atomic E-state index is 13.7. The molecule has 2 aromatic carbocycles. The van der Waals surface area contributed by atoms with Crippen molar-refractivity contribution in [3.05, 3.63) is 45.6 Å². The first-order chi connectivity index (χ1) is 19.8. The van der Waals surface area contributed by atoms with E-state index in [0.717, 1.165) is 22.4 Å². The van der Waals surface area contributed by atoms with Crippen LogP contribution in [0, 0.1) is 0 Å². The van der Waals surface area contributed by atoms with Gasteiger partial charge in [0.1, 0.15) is 6.04 Å². The first-order valence-electron chi connectivity index (χ1n) is 13.6. The molecule has 3 rings (SSSR count). The molecule has 1 aliphatic carbocycles. The van der Waals surface area contributed by atoms with Crippen LogP contribution in [0.25, 0.3) is 11.1 Å². The third-order valence-electron chi connectivity index (χ3n) is 7.00. The molecule has 1 aliphatic rings. The Bertz CT molecular complexity index is 1290. The molecule has 0 aromatic heterocycles. The highest BCUT2D eigenvalue weighted by molar-refractivity contribution is 7.98. The molecular formula is C30H41N3O7S. The molecule has 0 saturated heterocycles. The van der Waals surface area contributed by atoms with Gasteiger partial charge >= 0.3 is 0 Å². The van der Waals surface area contributed by atoms with Crippen LogP contribution < -0.4 is 35.6 Å². The molecule has 0 saturated carbocycles. The van der Waals surface area contributed by atoms with Crippen molar-refractivity contribution in [3.63, 3.8) is 0 Å². The number of methoxy groups -OCH3 is 4. The summed E-state index contributed by atoms with van der Waals surface area (Å²) in [4.78, 5) is 38.9. The molecule has 0 fully saturated rings. The van der Waals surface area contributed by atoms with Gasteiger partial charge in [-0.25, -0.2) is 0 Å². The second-order valence-corrected chi connectivity index (χ2v) is 10.7. The summed E-state index contributed by atoms with van der Waals surface area (Å²) in [6, 6.07) is 5.98. The van der Waals surface area contributed by atoms with E-state index in [-0.39, 0.29) is 17.2 Å². The number of ether oxygens (including phenoxy) is 4. The lowest BCUT2D eigenvalue weighted by molar-refractivity contribution is -0.122. The zero-order chi connectivity index (χ0) is 29.9. The van der Waals surface area contributed by atoms with Crippen LogP contribution in [0.15, 0.2) is 29.1 Å². The summed E-state index contributed by atoms with van der Waals surface area (Å²) in [7, 11) is 6.29. The molecule has 2 atom stereocenters. The average molecular weight is 588 g/mol. The van der Waals surface area contributed by atoms with Gasteiger partial charge in [0.25, 0.3) is 0 Å². The Morgan fingerprint density at radius 2 is 1.83 bits per heavy atom. The Morgan fingerprint density at radius 3 is 2.46 bits per heavy atom. The minimum atomic E-state index is -0.600. The van der Waals surface area contributed by atoms with Gasteiger partial charge in [0, 0.05) is 32.7 Å². The Kier molecular flexibility index (Phi) is 12.2. The highest BCUT2D eigenvalue weighted by atomic mass is 32.2. The van der Waals surface area contributed by atoms with Crippen LogP contribution in [0.1, 0.15) is 43.4 Å². The number of thioether (sulfide) groups is 1. The molecule has 2 aromatic rings. The lowest BCUT2D eigenvalue weighted by Gasteiger charge is -2.19. The van der Waals surface area contributed by atoms with Crippen molar-refractivity contribution in [2.75, 3.05) is 58.9 Å². The average Bonchev–Trinajstić information content (AvgIpc) is 3.20. The van der Waals surface area contributed by atoms with Crippen molar-refractivity contribution in [2.24, 2.45) is 0 Å². The number of hydrogen-bond acceptors (Lipinski definition) is 9. The van der Waals surface area contributed by atoms with E-state index in [9.17, 15) is 14.4 Å². The number of rotatable bonds is 14. The van der Waals surface area contributed by atoms with Crippen LogP contribution in [0.4, 0.5) is 5.69 Å². The van der Waals surface area contributed by atoms with Gasteiger partial charge in [-0.1, -0.05) is 6.07 Å². The van der Waals surface area contributed by atoms with Crippen LogP contribution in [-0.4, -0.2) is 71.5 Å². The fourth-order valence-corrected chi connectivity index (χ4v) is 5.54. The first-order valence-corrected chi connectivity index (χ1v) is 15.0. The van der Waals surface area contributed by atoms with E-state index in [4.69, 9.17) is 18.9 Å². The summed E-state index contributed by atoms with van der Waals surface area (Å²) in [5.74, 6) is 1.81. The molecule has 3 N–H and O–H groups in total. The third-order valence-corrected chi connectivity index (χ3v) is 7.64. The SMILES string of the molecule is COCCCNC(=O)[C@H](CCSC)Nc1ccc2c(cc1=O)[C@@H](NC(C)=O)CCc1cc(OC)c(OC)c(OC)c1-2. The van der Waals surface area contributed by atoms with Crippen LogP contribution in [-0.2, 0) is 20.7 Å². The number of aryl methyl sites for hydroxylation is 1. The van der Waals surface area contributed by atoms with Crippen molar-refractivity contribution in [1.82, 2.24) is 10.6 Å². The lowest BCUT2D eigenvalue weighted by Crippen LogP contribution is -2.41. The summed E-state index contributed by atoms with van der Waals surface area (Å²) in [6.07, 6.45) is 4.37. The molecule has 10 nitrogen and oxygen atoms in total. The Hall–Kier alpha value is -3.44. The zero-order valence-electron chi connectivity index (χ0n) is 24.7. The molecular weight excluding hydrogens is 546 g/mol. The normalized spacial score (nSPS) is 14.5. The molecule has 0 bridgehead atoms. The molecule has 0 unspecified atom stereocenters. The first kappa shape index (κ1) is 32.1. The van der Waals surface area contributed by atoms with Crippen molar-refractivity contribution >= 4 is 29.3 Å². The number of carbonyl (C=O) groups excluding carboxylic acids is 2. The van der Waals surface area contributed by atoms with Gasteiger partial charge in [0.2, 0.25) is 23.0 Å². The fraction of sp³-hybridized carbons (Fsp3) is 0.500. The van der Waals surface area contributed by atoms with E-state index in [2.05, 4.69) is 16.0 Å². The molecule has 0 heterocycles. The van der Waals surface area contributed by atoms with Gasteiger partial charge in [-0.05, 0) is 72.6 Å². The quantitative estimate of drug-likeness (QED) is 0.285. The summed E-state index contributed by atoms with van der Waals surface area (Å²) in [6.45, 7) is 2.48. The molecule has 0 radical (unpaired) electrons.